The van der Waals surface area contributed by atoms with Crippen LogP contribution in [0.25, 0.3) is 0 Å². The van der Waals surface area contributed by atoms with Crippen LogP contribution in [-0.2, 0) is 14.3 Å². The first-order valence-electron chi connectivity index (χ1n) is 3.65. The molecule has 0 unspecified atom stereocenters. The summed E-state index contributed by atoms with van der Waals surface area (Å²) < 4.78 is 4.38. The lowest BCUT2D eigenvalue weighted by molar-refractivity contribution is -0.142. The molecular formula is C7H14N2O3. The van der Waals surface area contributed by atoms with Crippen LogP contribution in [0.4, 0.5) is 0 Å². The summed E-state index contributed by atoms with van der Waals surface area (Å²) in [5, 5.41) is 2.43. The van der Waals surface area contributed by atoms with E-state index in [9.17, 15) is 9.59 Å². The first-order chi connectivity index (χ1) is 5.61. The van der Waals surface area contributed by atoms with Crippen molar-refractivity contribution in [2.75, 3.05) is 14.2 Å². The van der Waals surface area contributed by atoms with Crippen molar-refractivity contribution < 1.29 is 14.3 Å². The largest absolute Gasteiger partial charge is 0.468 e. The Bertz CT molecular complexity index is 170. The van der Waals surface area contributed by atoms with E-state index in [1.165, 1.54) is 14.2 Å². The normalized spacial score (nSPS) is 11.9. The number of rotatable bonds is 4. The van der Waals surface area contributed by atoms with Crippen molar-refractivity contribution in [3.63, 3.8) is 0 Å². The number of carbonyl (C=O) groups excluding carboxylic acids is 2. The predicted molar refractivity (Wildman–Crippen MR) is 43.3 cm³/mol. The molecule has 0 radical (unpaired) electrons. The maximum Gasteiger partial charge on any atom is 0.322 e. The molecule has 0 aliphatic heterocycles. The Morgan fingerprint density at radius 2 is 2.17 bits per heavy atom. The summed E-state index contributed by atoms with van der Waals surface area (Å²) in [6.45, 7) is 0. The van der Waals surface area contributed by atoms with Crippen LogP contribution in [0.15, 0.2) is 0 Å². The van der Waals surface area contributed by atoms with Crippen LogP contribution in [0.5, 0.6) is 0 Å². The van der Waals surface area contributed by atoms with Crippen LogP contribution >= 0.6 is 0 Å². The predicted octanol–water partition coefficient (Wildman–Crippen LogP) is -0.987. The van der Waals surface area contributed by atoms with Crippen molar-refractivity contribution in [1.82, 2.24) is 5.32 Å². The molecule has 0 saturated carbocycles. The van der Waals surface area contributed by atoms with Gasteiger partial charge in [0.15, 0.2) is 0 Å². The summed E-state index contributed by atoms with van der Waals surface area (Å²) in [6, 6.07) is -0.702. The van der Waals surface area contributed by atoms with Gasteiger partial charge in [-0.3, -0.25) is 9.59 Å². The highest BCUT2D eigenvalue weighted by Crippen LogP contribution is 1.95. The van der Waals surface area contributed by atoms with Crippen molar-refractivity contribution in [3.8, 4) is 0 Å². The highest BCUT2D eigenvalue weighted by molar-refractivity contribution is 5.78. The Balaban J connectivity index is 3.63. The van der Waals surface area contributed by atoms with Crippen molar-refractivity contribution in [1.29, 1.82) is 0 Å². The third-order valence-electron chi connectivity index (χ3n) is 1.47. The minimum atomic E-state index is -0.702. The number of nitrogens with one attached hydrogen (secondary N) is 1. The first kappa shape index (κ1) is 10.9. The fraction of sp³-hybridized carbons (Fsp3) is 0.714. The number of methoxy groups -OCH3 is 1. The lowest BCUT2D eigenvalue weighted by Gasteiger charge is -2.07. The van der Waals surface area contributed by atoms with Gasteiger partial charge in [-0.2, -0.15) is 0 Å². The number of ether oxygens (including phenoxy) is 1. The van der Waals surface area contributed by atoms with Gasteiger partial charge in [0.05, 0.1) is 7.11 Å². The second kappa shape index (κ2) is 5.54. The Labute approximate surface area is 71.3 Å². The fourth-order valence-electron chi connectivity index (χ4n) is 0.681. The van der Waals surface area contributed by atoms with E-state index in [4.69, 9.17) is 5.73 Å². The zero-order chi connectivity index (χ0) is 9.56. The number of amides is 1. The smallest absolute Gasteiger partial charge is 0.322 e. The molecule has 0 aliphatic carbocycles. The number of nitrogens with two attached hydrogens (primary N) is 1. The molecule has 1 atom stereocenters. The topological polar surface area (TPSA) is 81.4 Å². The maximum absolute atomic E-state index is 10.7. The molecule has 0 rings (SSSR count). The van der Waals surface area contributed by atoms with E-state index in [1.54, 1.807) is 0 Å². The third kappa shape index (κ3) is 3.92. The molecular weight excluding hydrogens is 160 g/mol. The van der Waals surface area contributed by atoms with E-state index in [0.717, 1.165) is 0 Å². The molecule has 70 valence electrons. The maximum atomic E-state index is 10.7. The SMILES string of the molecule is CNC(=O)CC[C@H](N)C(=O)OC. The molecule has 1 amide bonds. The second-order valence-corrected chi connectivity index (χ2v) is 2.34. The summed E-state index contributed by atoms with van der Waals surface area (Å²) in [7, 11) is 2.80. The van der Waals surface area contributed by atoms with Crippen LogP contribution in [0.1, 0.15) is 12.8 Å². The van der Waals surface area contributed by atoms with Gasteiger partial charge in [0.1, 0.15) is 6.04 Å². The molecule has 0 aromatic rings. The van der Waals surface area contributed by atoms with Gasteiger partial charge < -0.3 is 15.8 Å². The van der Waals surface area contributed by atoms with Gasteiger partial charge in [-0.05, 0) is 6.42 Å². The van der Waals surface area contributed by atoms with E-state index in [0.29, 0.717) is 6.42 Å². The molecule has 0 saturated heterocycles. The molecule has 0 bridgehead atoms. The quantitative estimate of drug-likeness (QED) is 0.536. The number of carbonyl (C=O) groups is 2. The minimum Gasteiger partial charge on any atom is -0.468 e. The van der Waals surface area contributed by atoms with Gasteiger partial charge in [0, 0.05) is 13.5 Å². The van der Waals surface area contributed by atoms with Crippen LogP contribution in [0, 0.1) is 0 Å². The Morgan fingerprint density at radius 1 is 1.58 bits per heavy atom. The second-order valence-electron chi connectivity index (χ2n) is 2.34. The molecule has 3 N–H and O–H groups in total. The van der Waals surface area contributed by atoms with E-state index >= 15 is 0 Å². The molecule has 0 aromatic heterocycles. The molecule has 0 aromatic carbocycles. The number of hydrogen-bond donors (Lipinski definition) is 2. The van der Waals surface area contributed by atoms with E-state index in [2.05, 4.69) is 10.1 Å². The molecule has 0 spiro atoms. The van der Waals surface area contributed by atoms with E-state index in [1.807, 2.05) is 0 Å². The minimum absolute atomic E-state index is 0.130. The van der Waals surface area contributed by atoms with Crippen LogP contribution < -0.4 is 11.1 Å². The zero-order valence-corrected chi connectivity index (χ0v) is 7.29. The summed E-state index contributed by atoms with van der Waals surface area (Å²) in [5.41, 5.74) is 5.38. The van der Waals surface area contributed by atoms with Crippen molar-refractivity contribution in [3.05, 3.63) is 0 Å². The van der Waals surface area contributed by atoms with Crippen LogP contribution in [0.3, 0.4) is 0 Å². The fourth-order valence-corrected chi connectivity index (χ4v) is 0.681. The number of esters is 1. The Hall–Kier alpha value is -1.10. The van der Waals surface area contributed by atoms with E-state index < -0.39 is 12.0 Å². The van der Waals surface area contributed by atoms with Crippen molar-refractivity contribution in [2.24, 2.45) is 5.73 Å². The molecule has 12 heavy (non-hydrogen) atoms. The van der Waals surface area contributed by atoms with Crippen molar-refractivity contribution in [2.45, 2.75) is 18.9 Å². The third-order valence-corrected chi connectivity index (χ3v) is 1.47. The zero-order valence-electron chi connectivity index (χ0n) is 7.29. The summed E-state index contributed by atoms with van der Waals surface area (Å²) in [4.78, 5) is 21.4. The van der Waals surface area contributed by atoms with Crippen LogP contribution in [-0.4, -0.2) is 32.1 Å². The van der Waals surface area contributed by atoms with Gasteiger partial charge >= 0.3 is 5.97 Å². The lowest BCUT2D eigenvalue weighted by Crippen LogP contribution is -2.33. The molecule has 0 heterocycles. The van der Waals surface area contributed by atoms with Gasteiger partial charge in [-0.1, -0.05) is 0 Å². The number of hydrogen-bond acceptors (Lipinski definition) is 4. The summed E-state index contributed by atoms with van der Waals surface area (Å²) in [5.74, 6) is -0.617. The summed E-state index contributed by atoms with van der Waals surface area (Å²) >= 11 is 0. The average molecular weight is 174 g/mol. The van der Waals surface area contributed by atoms with Gasteiger partial charge in [0.2, 0.25) is 5.91 Å². The van der Waals surface area contributed by atoms with E-state index in [-0.39, 0.29) is 12.3 Å². The Kier molecular flexibility index (Phi) is 5.03. The first-order valence-corrected chi connectivity index (χ1v) is 3.65. The monoisotopic (exact) mass is 174 g/mol. The lowest BCUT2D eigenvalue weighted by atomic mass is 10.1. The summed E-state index contributed by atoms with van der Waals surface area (Å²) in [6.07, 6.45) is 0.555. The van der Waals surface area contributed by atoms with Crippen LogP contribution in [0.2, 0.25) is 0 Å². The van der Waals surface area contributed by atoms with Gasteiger partial charge in [-0.15, -0.1) is 0 Å². The highest BCUT2D eigenvalue weighted by Gasteiger charge is 2.14. The highest BCUT2D eigenvalue weighted by atomic mass is 16.5. The molecule has 0 aliphatic rings. The molecule has 5 heteroatoms. The van der Waals surface area contributed by atoms with Crippen molar-refractivity contribution >= 4 is 11.9 Å². The standard InChI is InChI=1S/C7H14N2O3/c1-9-6(10)4-3-5(8)7(11)12-2/h5H,3-4,8H2,1-2H3,(H,9,10)/t5-/m0/s1. The van der Waals surface area contributed by atoms with Gasteiger partial charge in [0.25, 0.3) is 0 Å². The molecule has 5 nitrogen and oxygen atoms in total. The van der Waals surface area contributed by atoms with Gasteiger partial charge in [-0.25, -0.2) is 0 Å². The average Bonchev–Trinajstić information content (AvgIpc) is 2.11. The molecule has 0 fully saturated rings. The Morgan fingerprint density at radius 3 is 2.58 bits per heavy atom.